The van der Waals surface area contributed by atoms with Crippen molar-refractivity contribution >= 4 is 27.8 Å². The van der Waals surface area contributed by atoms with Crippen LogP contribution in [0, 0.1) is 5.92 Å². The number of rotatable bonds is 10. The van der Waals surface area contributed by atoms with Gasteiger partial charge in [0.05, 0.1) is 11.2 Å². The van der Waals surface area contributed by atoms with E-state index in [4.69, 9.17) is 14.3 Å². The first-order valence-electron chi connectivity index (χ1n) is 9.47. The number of ether oxygens (including phenoxy) is 1. The van der Waals surface area contributed by atoms with Gasteiger partial charge in [0.1, 0.15) is 6.04 Å². The van der Waals surface area contributed by atoms with Crippen LogP contribution in [0.1, 0.15) is 30.0 Å². The number of nitrogens with two attached hydrogens (primary N) is 1. The van der Waals surface area contributed by atoms with Gasteiger partial charge in [-0.25, -0.2) is 18.4 Å². The van der Waals surface area contributed by atoms with Crippen LogP contribution in [0.4, 0.5) is 0 Å². The summed E-state index contributed by atoms with van der Waals surface area (Å²) in [6.07, 6.45) is 1.79. The lowest BCUT2D eigenvalue weighted by Crippen LogP contribution is -2.46. The lowest BCUT2D eigenvalue weighted by Gasteiger charge is -2.20. The SMILES string of the molecule is CC(C)C(NC(=O)c1ccco1)C(=O)OCC(=O)NCCc1ccc(S(N)(=O)=O)cc1. The minimum absolute atomic E-state index is 0.00560. The third-order valence-corrected chi connectivity index (χ3v) is 5.21. The van der Waals surface area contributed by atoms with Gasteiger partial charge >= 0.3 is 5.97 Å². The number of carbonyl (C=O) groups excluding carboxylic acids is 3. The number of sulfonamides is 1. The zero-order valence-corrected chi connectivity index (χ0v) is 18.0. The fourth-order valence-electron chi connectivity index (χ4n) is 2.59. The number of nitrogens with one attached hydrogen (secondary N) is 2. The van der Waals surface area contributed by atoms with Crippen molar-refractivity contribution in [2.75, 3.05) is 13.2 Å². The molecule has 0 spiro atoms. The minimum atomic E-state index is -3.75. The first-order valence-corrected chi connectivity index (χ1v) is 11.0. The van der Waals surface area contributed by atoms with Crippen molar-refractivity contribution in [1.82, 2.24) is 10.6 Å². The first kappa shape index (κ1) is 24.1. The van der Waals surface area contributed by atoms with Gasteiger partial charge < -0.3 is 19.8 Å². The van der Waals surface area contributed by atoms with E-state index < -0.39 is 40.5 Å². The van der Waals surface area contributed by atoms with E-state index in [9.17, 15) is 22.8 Å². The summed E-state index contributed by atoms with van der Waals surface area (Å²) in [7, 11) is -3.75. The highest BCUT2D eigenvalue weighted by molar-refractivity contribution is 7.89. The average Bonchev–Trinajstić information content (AvgIpc) is 3.24. The molecule has 1 aromatic heterocycles. The van der Waals surface area contributed by atoms with Crippen molar-refractivity contribution in [1.29, 1.82) is 0 Å². The Labute approximate surface area is 180 Å². The predicted octanol–water partition coefficient (Wildman–Crippen LogP) is 0.584. The van der Waals surface area contributed by atoms with Crippen molar-refractivity contribution in [2.24, 2.45) is 11.1 Å². The number of hydrogen-bond acceptors (Lipinski definition) is 7. The van der Waals surface area contributed by atoms with Gasteiger partial charge in [0, 0.05) is 6.54 Å². The van der Waals surface area contributed by atoms with Crippen molar-refractivity contribution in [3.8, 4) is 0 Å². The molecule has 0 fully saturated rings. The molecule has 0 saturated heterocycles. The second kappa shape index (κ2) is 10.7. The van der Waals surface area contributed by atoms with Crippen LogP contribution in [0.15, 0.2) is 52.0 Å². The number of benzene rings is 1. The molecule has 0 aliphatic rings. The topological polar surface area (TPSA) is 158 Å². The quantitative estimate of drug-likeness (QED) is 0.446. The largest absolute Gasteiger partial charge is 0.459 e. The Hall–Kier alpha value is -3.18. The third-order valence-electron chi connectivity index (χ3n) is 4.29. The highest BCUT2D eigenvalue weighted by Crippen LogP contribution is 2.09. The molecule has 2 aromatic rings. The third kappa shape index (κ3) is 7.54. The summed E-state index contributed by atoms with van der Waals surface area (Å²) in [5, 5.41) is 10.2. The van der Waals surface area contributed by atoms with Crippen molar-refractivity contribution < 1.29 is 32.0 Å². The summed E-state index contributed by atoms with van der Waals surface area (Å²) in [6.45, 7) is 3.22. The van der Waals surface area contributed by atoms with Crippen LogP contribution in [-0.2, 0) is 30.8 Å². The molecule has 0 saturated carbocycles. The number of furan rings is 1. The second-order valence-corrected chi connectivity index (χ2v) is 8.63. The van der Waals surface area contributed by atoms with Gasteiger partial charge in [0.25, 0.3) is 11.8 Å². The number of amides is 2. The standard InChI is InChI=1S/C20H25N3O7S/c1-13(2)18(23-19(25)16-4-3-11-29-16)20(26)30-12-17(24)22-10-9-14-5-7-15(8-6-14)31(21,27)28/h3-8,11,13,18H,9-10,12H2,1-2H3,(H,22,24)(H,23,25)(H2,21,27,28). The maximum absolute atomic E-state index is 12.3. The molecule has 1 heterocycles. The van der Waals surface area contributed by atoms with Gasteiger partial charge in [-0.2, -0.15) is 0 Å². The molecule has 168 valence electrons. The Balaban J connectivity index is 1.77. The lowest BCUT2D eigenvalue weighted by atomic mass is 10.0. The molecular formula is C20H25N3O7S. The molecule has 1 unspecified atom stereocenters. The van der Waals surface area contributed by atoms with E-state index in [-0.39, 0.29) is 23.1 Å². The summed E-state index contributed by atoms with van der Waals surface area (Å²) in [4.78, 5) is 36.3. The van der Waals surface area contributed by atoms with E-state index in [1.807, 2.05) is 0 Å². The summed E-state index contributed by atoms with van der Waals surface area (Å²) < 4.78 is 32.5. The second-order valence-electron chi connectivity index (χ2n) is 7.07. The van der Waals surface area contributed by atoms with Crippen LogP contribution in [0.3, 0.4) is 0 Å². The Morgan fingerprint density at radius 2 is 1.81 bits per heavy atom. The molecule has 1 atom stereocenters. The van der Waals surface area contributed by atoms with Gasteiger partial charge in [0.2, 0.25) is 10.0 Å². The van der Waals surface area contributed by atoms with Crippen LogP contribution in [-0.4, -0.2) is 45.4 Å². The van der Waals surface area contributed by atoms with Crippen molar-refractivity contribution in [3.63, 3.8) is 0 Å². The number of carbonyl (C=O) groups is 3. The van der Waals surface area contributed by atoms with E-state index in [0.717, 1.165) is 5.56 Å². The maximum Gasteiger partial charge on any atom is 0.329 e. The molecule has 11 heteroatoms. The maximum atomic E-state index is 12.3. The smallest absolute Gasteiger partial charge is 0.329 e. The molecule has 10 nitrogen and oxygen atoms in total. The van der Waals surface area contributed by atoms with E-state index in [0.29, 0.717) is 6.42 Å². The van der Waals surface area contributed by atoms with E-state index in [1.54, 1.807) is 32.0 Å². The molecule has 0 radical (unpaired) electrons. The fourth-order valence-corrected chi connectivity index (χ4v) is 3.10. The monoisotopic (exact) mass is 451 g/mol. The molecule has 0 bridgehead atoms. The molecular weight excluding hydrogens is 426 g/mol. The zero-order valence-electron chi connectivity index (χ0n) is 17.2. The van der Waals surface area contributed by atoms with Crippen molar-refractivity contribution in [2.45, 2.75) is 31.2 Å². The lowest BCUT2D eigenvalue weighted by molar-refractivity contribution is -0.151. The molecule has 2 rings (SSSR count). The summed E-state index contributed by atoms with van der Waals surface area (Å²) >= 11 is 0. The zero-order chi connectivity index (χ0) is 23.0. The molecule has 0 aliphatic carbocycles. The molecule has 4 N–H and O–H groups in total. The van der Waals surface area contributed by atoms with E-state index in [1.165, 1.54) is 24.5 Å². The first-order chi connectivity index (χ1) is 14.6. The minimum Gasteiger partial charge on any atom is -0.459 e. The van der Waals surface area contributed by atoms with E-state index in [2.05, 4.69) is 10.6 Å². The molecule has 2 amide bonds. The molecule has 0 aliphatic heterocycles. The Bertz CT molecular complexity index is 1000. The van der Waals surface area contributed by atoms with Crippen molar-refractivity contribution in [3.05, 3.63) is 54.0 Å². The average molecular weight is 452 g/mol. The number of hydrogen-bond donors (Lipinski definition) is 3. The van der Waals surface area contributed by atoms with Crippen LogP contribution >= 0.6 is 0 Å². The van der Waals surface area contributed by atoms with Gasteiger partial charge in [-0.1, -0.05) is 26.0 Å². The summed E-state index contributed by atoms with van der Waals surface area (Å²) in [5.41, 5.74) is 0.796. The molecule has 1 aromatic carbocycles. The number of esters is 1. The Kier molecular flexibility index (Phi) is 8.34. The van der Waals surface area contributed by atoms with Gasteiger partial charge in [-0.15, -0.1) is 0 Å². The highest BCUT2D eigenvalue weighted by atomic mass is 32.2. The van der Waals surface area contributed by atoms with Crippen LogP contribution in [0.5, 0.6) is 0 Å². The molecule has 31 heavy (non-hydrogen) atoms. The summed E-state index contributed by atoms with van der Waals surface area (Å²) in [6, 6.07) is 8.05. The van der Waals surface area contributed by atoms with Crippen LogP contribution < -0.4 is 15.8 Å². The van der Waals surface area contributed by atoms with Gasteiger partial charge in [-0.3, -0.25) is 9.59 Å². The summed E-state index contributed by atoms with van der Waals surface area (Å²) in [5.74, 6) is -2.00. The van der Waals surface area contributed by atoms with Crippen LogP contribution in [0.2, 0.25) is 0 Å². The Morgan fingerprint density at radius 3 is 2.35 bits per heavy atom. The van der Waals surface area contributed by atoms with Gasteiger partial charge in [0.15, 0.2) is 12.4 Å². The van der Waals surface area contributed by atoms with Gasteiger partial charge in [-0.05, 0) is 42.2 Å². The van der Waals surface area contributed by atoms with E-state index >= 15 is 0 Å². The normalized spacial score (nSPS) is 12.3. The highest BCUT2D eigenvalue weighted by Gasteiger charge is 2.27. The predicted molar refractivity (Wildman–Crippen MR) is 110 cm³/mol. The Morgan fingerprint density at radius 1 is 1.13 bits per heavy atom. The number of primary sulfonamides is 1. The fraction of sp³-hybridized carbons (Fsp3) is 0.350. The van der Waals surface area contributed by atoms with Crippen LogP contribution in [0.25, 0.3) is 0 Å².